The van der Waals surface area contributed by atoms with E-state index < -0.39 is 6.61 Å². The van der Waals surface area contributed by atoms with Crippen LogP contribution in [0.3, 0.4) is 0 Å². The first-order chi connectivity index (χ1) is 11.5. The molecule has 7 nitrogen and oxygen atoms in total. The summed E-state index contributed by atoms with van der Waals surface area (Å²) in [5.74, 6) is -0.147. The van der Waals surface area contributed by atoms with Crippen LogP contribution in [0.1, 0.15) is 6.92 Å². The minimum absolute atomic E-state index is 0.0436. The highest BCUT2D eigenvalue weighted by Crippen LogP contribution is 2.18. The predicted molar refractivity (Wildman–Crippen MR) is 83.8 cm³/mol. The number of carbonyl (C=O) groups is 1. The summed E-state index contributed by atoms with van der Waals surface area (Å²) in [6, 6.07) is 5.42. The van der Waals surface area contributed by atoms with Crippen LogP contribution in [0.4, 0.5) is 14.5 Å². The molecule has 0 spiro atoms. The van der Waals surface area contributed by atoms with Crippen LogP contribution in [-0.2, 0) is 11.3 Å². The summed E-state index contributed by atoms with van der Waals surface area (Å²) >= 11 is 0. The number of alkyl halides is 2. The number of anilines is 1. The molecule has 1 unspecified atom stereocenters. The highest BCUT2D eigenvalue weighted by Gasteiger charge is 2.18. The lowest BCUT2D eigenvalue weighted by atomic mass is 10.2. The number of halogens is 2. The molecular formula is C15H19F2N5O2. The number of likely N-dealkylation sites (N-methyl/N-ethyl adjacent to an activating group) is 1. The molecule has 0 aliphatic rings. The molecule has 0 fully saturated rings. The monoisotopic (exact) mass is 339 g/mol. The molecule has 0 radical (unpaired) electrons. The van der Waals surface area contributed by atoms with Gasteiger partial charge in [-0.1, -0.05) is 0 Å². The topological polar surface area (TPSA) is 72.3 Å². The van der Waals surface area contributed by atoms with E-state index >= 15 is 0 Å². The van der Waals surface area contributed by atoms with Crippen LogP contribution in [0.15, 0.2) is 36.9 Å². The third-order valence-electron chi connectivity index (χ3n) is 3.57. The van der Waals surface area contributed by atoms with Crippen LogP contribution in [0, 0.1) is 0 Å². The van der Waals surface area contributed by atoms with Crippen molar-refractivity contribution in [2.45, 2.75) is 26.1 Å². The number of carbonyl (C=O) groups excluding carboxylic acids is 1. The van der Waals surface area contributed by atoms with Crippen LogP contribution < -0.4 is 10.1 Å². The highest BCUT2D eigenvalue weighted by molar-refractivity contribution is 5.94. The molecule has 0 aliphatic carbocycles. The minimum Gasteiger partial charge on any atom is -0.435 e. The van der Waals surface area contributed by atoms with E-state index in [2.05, 4.69) is 20.3 Å². The largest absolute Gasteiger partial charge is 0.435 e. The Hall–Kier alpha value is -2.55. The Labute approximate surface area is 138 Å². The second-order valence-corrected chi connectivity index (χ2v) is 5.25. The van der Waals surface area contributed by atoms with Crippen molar-refractivity contribution in [3.05, 3.63) is 36.9 Å². The number of hydrogen-bond donors (Lipinski definition) is 1. The molecule has 0 bridgehead atoms. The molecule has 0 saturated heterocycles. The zero-order valence-electron chi connectivity index (χ0n) is 13.4. The average molecular weight is 339 g/mol. The van der Waals surface area contributed by atoms with Gasteiger partial charge in [0.15, 0.2) is 0 Å². The fourth-order valence-electron chi connectivity index (χ4n) is 1.97. The third kappa shape index (κ3) is 5.27. The zero-order valence-corrected chi connectivity index (χ0v) is 13.4. The molecule has 2 rings (SSSR count). The van der Waals surface area contributed by atoms with Crippen molar-refractivity contribution in [2.24, 2.45) is 0 Å². The molecule has 1 aromatic carbocycles. The fourth-order valence-corrected chi connectivity index (χ4v) is 1.97. The molecule has 0 saturated carbocycles. The number of aromatic nitrogens is 3. The summed E-state index contributed by atoms with van der Waals surface area (Å²) in [6.07, 6.45) is 3.23. The second kappa shape index (κ2) is 8.34. The van der Waals surface area contributed by atoms with Crippen molar-refractivity contribution in [3.8, 4) is 5.75 Å². The lowest BCUT2D eigenvalue weighted by Gasteiger charge is -2.23. The van der Waals surface area contributed by atoms with Gasteiger partial charge in [0.1, 0.15) is 18.4 Å². The van der Waals surface area contributed by atoms with Crippen LogP contribution in [-0.4, -0.2) is 51.8 Å². The molecule has 9 heteroatoms. The fraction of sp³-hybridized carbons (Fsp3) is 0.400. The van der Waals surface area contributed by atoms with Crippen molar-refractivity contribution in [1.29, 1.82) is 0 Å². The Morgan fingerprint density at radius 1 is 1.29 bits per heavy atom. The summed E-state index contributed by atoms with van der Waals surface area (Å²) in [6.45, 7) is 0.231. The maximum atomic E-state index is 12.2. The molecule has 2 aromatic rings. The van der Waals surface area contributed by atoms with E-state index in [4.69, 9.17) is 0 Å². The normalized spacial score (nSPS) is 12.4. The number of nitrogens with one attached hydrogen (secondary N) is 1. The number of amides is 1. The summed E-state index contributed by atoms with van der Waals surface area (Å²) in [7, 11) is 1.84. The van der Waals surface area contributed by atoms with Crippen molar-refractivity contribution in [1.82, 2.24) is 19.7 Å². The van der Waals surface area contributed by atoms with Gasteiger partial charge in [0.05, 0.1) is 6.04 Å². The molecule has 1 heterocycles. The van der Waals surface area contributed by atoms with Gasteiger partial charge in [-0.15, -0.1) is 10.2 Å². The molecule has 24 heavy (non-hydrogen) atoms. The van der Waals surface area contributed by atoms with Gasteiger partial charge in [0.2, 0.25) is 5.91 Å². The maximum absolute atomic E-state index is 12.2. The number of hydrogen-bond acceptors (Lipinski definition) is 5. The molecule has 1 aromatic heterocycles. The Bertz CT molecular complexity index is 634. The molecule has 0 aliphatic heterocycles. The van der Waals surface area contributed by atoms with Crippen molar-refractivity contribution < 1.29 is 18.3 Å². The van der Waals surface area contributed by atoms with Gasteiger partial charge in [0, 0.05) is 18.8 Å². The van der Waals surface area contributed by atoms with Gasteiger partial charge in [-0.25, -0.2) is 0 Å². The van der Waals surface area contributed by atoms with E-state index in [9.17, 15) is 13.6 Å². The van der Waals surface area contributed by atoms with Crippen LogP contribution >= 0.6 is 0 Å². The van der Waals surface area contributed by atoms with Crippen LogP contribution in [0.5, 0.6) is 5.75 Å². The van der Waals surface area contributed by atoms with Gasteiger partial charge in [-0.2, -0.15) is 8.78 Å². The van der Waals surface area contributed by atoms with Gasteiger partial charge < -0.3 is 14.6 Å². The number of benzene rings is 1. The average Bonchev–Trinajstić information content (AvgIpc) is 3.06. The first-order valence-electron chi connectivity index (χ1n) is 7.34. The van der Waals surface area contributed by atoms with Gasteiger partial charge >= 0.3 is 6.61 Å². The van der Waals surface area contributed by atoms with Crippen LogP contribution in [0.2, 0.25) is 0 Å². The summed E-state index contributed by atoms with van der Waals surface area (Å²) in [5.41, 5.74) is 0.515. The number of nitrogens with zero attached hydrogens (tertiary/aromatic N) is 4. The Balaban J connectivity index is 1.83. The summed E-state index contributed by atoms with van der Waals surface area (Å²) in [4.78, 5) is 14.1. The van der Waals surface area contributed by atoms with Crippen molar-refractivity contribution in [3.63, 3.8) is 0 Å². The predicted octanol–water partition coefficient (Wildman–Crippen LogP) is 1.84. The third-order valence-corrected chi connectivity index (χ3v) is 3.57. The molecule has 130 valence electrons. The molecule has 1 N–H and O–H groups in total. The molecule has 1 amide bonds. The smallest absolute Gasteiger partial charge is 0.387 e. The van der Waals surface area contributed by atoms with Crippen LogP contribution in [0.25, 0.3) is 0 Å². The second-order valence-electron chi connectivity index (χ2n) is 5.25. The van der Waals surface area contributed by atoms with E-state index in [-0.39, 0.29) is 17.7 Å². The van der Waals surface area contributed by atoms with E-state index in [0.717, 1.165) is 0 Å². The van der Waals surface area contributed by atoms with E-state index in [0.29, 0.717) is 18.8 Å². The Morgan fingerprint density at radius 3 is 2.50 bits per heavy atom. The number of rotatable bonds is 8. The lowest BCUT2D eigenvalue weighted by Crippen LogP contribution is -2.41. The van der Waals surface area contributed by atoms with Crippen molar-refractivity contribution in [2.75, 3.05) is 18.9 Å². The van der Waals surface area contributed by atoms with Gasteiger partial charge in [-0.05, 0) is 38.2 Å². The quantitative estimate of drug-likeness (QED) is 0.794. The minimum atomic E-state index is -2.87. The maximum Gasteiger partial charge on any atom is 0.387 e. The Kier molecular flexibility index (Phi) is 6.19. The zero-order chi connectivity index (χ0) is 17.5. The van der Waals surface area contributed by atoms with E-state index in [1.807, 2.05) is 16.5 Å². The molecular weight excluding hydrogens is 320 g/mol. The van der Waals surface area contributed by atoms with Gasteiger partial charge in [0.25, 0.3) is 0 Å². The Morgan fingerprint density at radius 2 is 1.92 bits per heavy atom. The van der Waals surface area contributed by atoms with Gasteiger partial charge in [-0.3, -0.25) is 9.69 Å². The van der Waals surface area contributed by atoms with Crippen molar-refractivity contribution >= 4 is 11.6 Å². The standard InChI is InChI=1S/C15H19F2N5O2/c1-11(21(2)7-8-22-9-18-19-10-22)14(23)20-12-3-5-13(6-4-12)24-15(16)17/h3-6,9-11,15H,7-8H2,1-2H3,(H,20,23). The lowest BCUT2D eigenvalue weighted by molar-refractivity contribution is -0.120. The highest BCUT2D eigenvalue weighted by atomic mass is 19.3. The first kappa shape index (κ1) is 17.8. The summed E-state index contributed by atoms with van der Waals surface area (Å²) < 4.78 is 30.3. The number of ether oxygens (including phenoxy) is 1. The molecule has 1 atom stereocenters. The first-order valence-corrected chi connectivity index (χ1v) is 7.34. The summed E-state index contributed by atoms with van der Waals surface area (Å²) in [5, 5.41) is 10.2. The van der Waals surface area contributed by atoms with E-state index in [1.54, 1.807) is 19.6 Å². The van der Waals surface area contributed by atoms with E-state index in [1.165, 1.54) is 24.3 Å². The SMILES string of the molecule is CC(C(=O)Nc1ccc(OC(F)F)cc1)N(C)CCn1cnnc1.